The van der Waals surface area contributed by atoms with E-state index in [1.807, 2.05) is 11.4 Å². The molecule has 0 aliphatic carbocycles. The molecule has 17 heavy (non-hydrogen) atoms. The predicted octanol–water partition coefficient (Wildman–Crippen LogP) is 4.39. The second-order valence-electron chi connectivity index (χ2n) is 3.85. The molecule has 0 saturated heterocycles. The highest BCUT2D eigenvalue weighted by atomic mass is 35.5. The number of benzene rings is 1. The summed E-state index contributed by atoms with van der Waals surface area (Å²) in [4.78, 5) is 1.26. The Bertz CT molecular complexity index is 484. The molecular formula is C13H13ClFNS. The number of rotatable bonds is 4. The smallest absolute Gasteiger partial charge is 0.123 e. The van der Waals surface area contributed by atoms with Crippen molar-refractivity contribution in [2.45, 2.75) is 19.5 Å². The maximum Gasteiger partial charge on any atom is 0.123 e. The summed E-state index contributed by atoms with van der Waals surface area (Å²) in [5.74, 6) is -0.255. The Morgan fingerprint density at radius 2 is 2.24 bits per heavy atom. The van der Waals surface area contributed by atoms with E-state index in [1.165, 1.54) is 17.0 Å². The van der Waals surface area contributed by atoms with Crippen LogP contribution in [0, 0.1) is 5.82 Å². The number of halogens is 2. The van der Waals surface area contributed by atoms with Gasteiger partial charge >= 0.3 is 0 Å². The molecule has 0 amide bonds. The van der Waals surface area contributed by atoms with E-state index in [4.69, 9.17) is 11.6 Å². The zero-order chi connectivity index (χ0) is 12.3. The van der Waals surface area contributed by atoms with E-state index in [2.05, 4.69) is 18.3 Å². The van der Waals surface area contributed by atoms with Crippen LogP contribution < -0.4 is 5.32 Å². The van der Waals surface area contributed by atoms with Crippen LogP contribution in [0.2, 0.25) is 5.02 Å². The fraction of sp³-hybridized carbons (Fsp3) is 0.231. The van der Waals surface area contributed by atoms with Crippen LogP contribution in [0.5, 0.6) is 0 Å². The summed E-state index contributed by atoms with van der Waals surface area (Å²) in [7, 11) is 0. The third-order valence-electron chi connectivity index (χ3n) is 2.58. The monoisotopic (exact) mass is 269 g/mol. The summed E-state index contributed by atoms with van der Waals surface area (Å²) in [6.07, 6.45) is 0. The molecule has 1 nitrogen and oxygen atoms in total. The van der Waals surface area contributed by atoms with E-state index in [-0.39, 0.29) is 11.9 Å². The molecular weight excluding hydrogens is 257 g/mol. The first-order valence-electron chi connectivity index (χ1n) is 5.37. The zero-order valence-electron chi connectivity index (χ0n) is 9.41. The van der Waals surface area contributed by atoms with Gasteiger partial charge in [0.15, 0.2) is 0 Å². The van der Waals surface area contributed by atoms with Gasteiger partial charge in [-0.05, 0) is 42.1 Å². The van der Waals surface area contributed by atoms with Crippen molar-refractivity contribution in [1.29, 1.82) is 0 Å². The number of hydrogen-bond donors (Lipinski definition) is 1. The quantitative estimate of drug-likeness (QED) is 0.868. The fourth-order valence-corrected chi connectivity index (χ4v) is 2.52. The van der Waals surface area contributed by atoms with Gasteiger partial charge in [-0.1, -0.05) is 17.7 Å². The Morgan fingerprint density at radius 3 is 2.94 bits per heavy atom. The highest BCUT2D eigenvalue weighted by Gasteiger charge is 2.07. The lowest BCUT2D eigenvalue weighted by Gasteiger charge is -2.13. The normalized spacial score (nSPS) is 12.6. The first-order chi connectivity index (χ1) is 8.16. The van der Waals surface area contributed by atoms with E-state index in [9.17, 15) is 4.39 Å². The summed E-state index contributed by atoms with van der Waals surface area (Å²) in [5.41, 5.74) is 0.787. The third-order valence-corrected chi connectivity index (χ3v) is 4.00. The molecule has 0 aliphatic heterocycles. The first kappa shape index (κ1) is 12.6. The molecule has 4 heteroatoms. The first-order valence-corrected chi connectivity index (χ1v) is 6.63. The van der Waals surface area contributed by atoms with Crippen LogP contribution in [-0.4, -0.2) is 0 Å². The Morgan fingerprint density at radius 1 is 1.41 bits per heavy atom. The second-order valence-corrected chi connectivity index (χ2v) is 5.24. The average molecular weight is 270 g/mol. The standard InChI is InChI=1S/C13H13ClFNS/c1-9(13-3-2-6-17-13)16-8-10-7-11(15)4-5-12(10)14/h2-7,9,16H,8H2,1H3. The third kappa shape index (κ3) is 3.28. The largest absolute Gasteiger partial charge is 0.305 e. The van der Waals surface area contributed by atoms with Crippen LogP contribution in [0.4, 0.5) is 4.39 Å². The Kier molecular flexibility index (Phi) is 4.15. The molecule has 1 atom stereocenters. The number of thiophene rings is 1. The molecule has 2 rings (SSSR count). The summed E-state index contributed by atoms with van der Waals surface area (Å²) in [6.45, 7) is 2.65. The van der Waals surface area contributed by atoms with Gasteiger partial charge in [-0.15, -0.1) is 11.3 Å². The van der Waals surface area contributed by atoms with Crippen molar-refractivity contribution in [2.24, 2.45) is 0 Å². The van der Waals surface area contributed by atoms with Gasteiger partial charge in [0.2, 0.25) is 0 Å². The van der Waals surface area contributed by atoms with Crippen molar-refractivity contribution >= 4 is 22.9 Å². The van der Waals surface area contributed by atoms with E-state index in [0.717, 1.165) is 5.56 Å². The van der Waals surface area contributed by atoms with E-state index in [1.54, 1.807) is 17.4 Å². The Labute approximate surface area is 109 Å². The van der Waals surface area contributed by atoms with Crippen molar-refractivity contribution in [1.82, 2.24) is 5.32 Å². The highest BCUT2D eigenvalue weighted by Crippen LogP contribution is 2.21. The lowest BCUT2D eigenvalue weighted by atomic mass is 10.2. The summed E-state index contributed by atoms with van der Waals surface area (Å²) >= 11 is 7.70. The fourth-order valence-electron chi connectivity index (χ4n) is 1.58. The molecule has 1 unspecified atom stereocenters. The van der Waals surface area contributed by atoms with Crippen molar-refractivity contribution in [3.8, 4) is 0 Å². The van der Waals surface area contributed by atoms with Gasteiger partial charge in [0.25, 0.3) is 0 Å². The van der Waals surface area contributed by atoms with Gasteiger partial charge in [-0.3, -0.25) is 0 Å². The molecule has 1 aromatic heterocycles. The molecule has 0 fully saturated rings. The maximum atomic E-state index is 13.1. The molecule has 1 heterocycles. The topological polar surface area (TPSA) is 12.0 Å². The van der Waals surface area contributed by atoms with Gasteiger partial charge in [-0.25, -0.2) is 4.39 Å². The van der Waals surface area contributed by atoms with Crippen LogP contribution >= 0.6 is 22.9 Å². The van der Waals surface area contributed by atoms with Crippen LogP contribution in [-0.2, 0) is 6.54 Å². The minimum absolute atomic E-state index is 0.245. The van der Waals surface area contributed by atoms with Crippen molar-refractivity contribution in [2.75, 3.05) is 0 Å². The summed E-state index contributed by atoms with van der Waals surface area (Å²) in [6, 6.07) is 8.77. The van der Waals surface area contributed by atoms with Gasteiger partial charge < -0.3 is 5.32 Å². The molecule has 0 saturated carbocycles. The van der Waals surface area contributed by atoms with Gasteiger partial charge in [-0.2, -0.15) is 0 Å². The van der Waals surface area contributed by atoms with Crippen molar-refractivity contribution < 1.29 is 4.39 Å². The van der Waals surface area contributed by atoms with Crippen LogP contribution in [0.1, 0.15) is 23.4 Å². The molecule has 0 radical (unpaired) electrons. The average Bonchev–Trinajstić information content (AvgIpc) is 2.83. The Hall–Kier alpha value is -0.900. The predicted molar refractivity (Wildman–Crippen MR) is 71.0 cm³/mol. The molecule has 2 aromatic rings. The van der Waals surface area contributed by atoms with E-state index in [0.29, 0.717) is 11.6 Å². The maximum absolute atomic E-state index is 13.1. The SMILES string of the molecule is CC(NCc1cc(F)ccc1Cl)c1cccs1. The van der Waals surface area contributed by atoms with E-state index >= 15 is 0 Å². The molecule has 0 spiro atoms. The van der Waals surface area contributed by atoms with Gasteiger partial charge in [0, 0.05) is 22.5 Å². The highest BCUT2D eigenvalue weighted by molar-refractivity contribution is 7.10. The summed E-state index contributed by atoms with van der Waals surface area (Å²) in [5, 5.41) is 5.97. The summed E-state index contributed by atoms with van der Waals surface area (Å²) < 4.78 is 13.1. The molecule has 0 bridgehead atoms. The number of hydrogen-bond acceptors (Lipinski definition) is 2. The van der Waals surface area contributed by atoms with Gasteiger partial charge in [0.1, 0.15) is 5.82 Å². The lowest BCUT2D eigenvalue weighted by Crippen LogP contribution is -2.17. The zero-order valence-corrected chi connectivity index (χ0v) is 11.0. The van der Waals surface area contributed by atoms with Crippen molar-refractivity contribution in [3.05, 3.63) is 57.0 Å². The van der Waals surface area contributed by atoms with Crippen LogP contribution in [0.15, 0.2) is 35.7 Å². The minimum Gasteiger partial charge on any atom is -0.305 e. The van der Waals surface area contributed by atoms with Crippen LogP contribution in [0.3, 0.4) is 0 Å². The minimum atomic E-state index is -0.255. The molecule has 1 aromatic carbocycles. The Balaban J connectivity index is 2.00. The lowest BCUT2D eigenvalue weighted by molar-refractivity contribution is 0.576. The molecule has 1 N–H and O–H groups in total. The molecule has 0 aliphatic rings. The van der Waals surface area contributed by atoms with Gasteiger partial charge in [0.05, 0.1) is 0 Å². The number of nitrogens with one attached hydrogen (secondary N) is 1. The second kappa shape index (κ2) is 5.63. The van der Waals surface area contributed by atoms with E-state index < -0.39 is 0 Å². The molecule has 90 valence electrons. The van der Waals surface area contributed by atoms with Crippen LogP contribution in [0.25, 0.3) is 0 Å². The van der Waals surface area contributed by atoms with Crippen molar-refractivity contribution in [3.63, 3.8) is 0 Å².